The molecule has 134 valence electrons. The van der Waals surface area contributed by atoms with Gasteiger partial charge in [0.1, 0.15) is 5.82 Å². The van der Waals surface area contributed by atoms with Gasteiger partial charge >= 0.3 is 0 Å². The highest BCUT2D eigenvalue weighted by Crippen LogP contribution is 2.24. The molecule has 4 rings (SSSR count). The predicted octanol–water partition coefficient (Wildman–Crippen LogP) is 1.58. The van der Waals surface area contributed by atoms with E-state index in [9.17, 15) is 9.18 Å². The standard InChI is InChI=1S/C17H18FN7O/c18-13-4-3-5-14(8-13)25-11-12(10-20-25)9-19-17(26)15-6-1-2-7-24-16(15)21-22-23-24/h3-5,8,10-11,15H,1-2,6-7,9H2,(H,19,26)/t15-/m0/s1. The van der Waals surface area contributed by atoms with Crippen LogP contribution < -0.4 is 5.32 Å². The number of rotatable bonds is 4. The van der Waals surface area contributed by atoms with E-state index < -0.39 is 0 Å². The fourth-order valence-corrected chi connectivity index (χ4v) is 3.13. The van der Waals surface area contributed by atoms with E-state index in [0.717, 1.165) is 31.4 Å². The summed E-state index contributed by atoms with van der Waals surface area (Å²) in [5.41, 5.74) is 1.46. The molecule has 9 heteroatoms. The highest BCUT2D eigenvalue weighted by atomic mass is 19.1. The highest BCUT2D eigenvalue weighted by molar-refractivity contribution is 5.82. The van der Waals surface area contributed by atoms with E-state index in [-0.39, 0.29) is 17.6 Å². The van der Waals surface area contributed by atoms with Gasteiger partial charge < -0.3 is 5.32 Å². The number of carbonyl (C=O) groups is 1. The summed E-state index contributed by atoms with van der Waals surface area (Å²) in [4.78, 5) is 12.6. The zero-order chi connectivity index (χ0) is 17.9. The molecule has 1 amide bonds. The van der Waals surface area contributed by atoms with Crippen LogP contribution in [0.2, 0.25) is 0 Å². The molecule has 0 radical (unpaired) electrons. The van der Waals surface area contributed by atoms with Crippen molar-refractivity contribution in [2.75, 3.05) is 0 Å². The monoisotopic (exact) mass is 355 g/mol. The van der Waals surface area contributed by atoms with Gasteiger partial charge in [-0.1, -0.05) is 12.5 Å². The summed E-state index contributed by atoms with van der Waals surface area (Å²) in [7, 11) is 0. The van der Waals surface area contributed by atoms with Crippen molar-refractivity contribution in [3.8, 4) is 5.69 Å². The normalized spacial score (nSPS) is 16.7. The molecule has 0 spiro atoms. The molecule has 0 saturated carbocycles. The summed E-state index contributed by atoms with van der Waals surface area (Å²) < 4.78 is 16.6. The van der Waals surface area contributed by atoms with Crippen LogP contribution in [0.3, 0.4) is 0 Å². The number of aryl methyl sites for hydroxylation is 1. The number of nitrogens with one attached hydrogen (secondary N) is 1. The zero-order valence-corrected chi connectivity index (χ0v) is 14.0. The Labute approximate surface area is 149 Å². The van der Waals surface area contributed by atoms with E-state index in [1.165, 1.54) is 12.1 Å². The summed E-state index contributed by atoms with van der Waals surface area (Å²) in [6, 6.07) is 6.18. The van der Waals surface area contributed by atoms with E-state index in [1.807, 2.05) is 0 Å². The second-order valence-corrected chi connectivity index (χ2v) is 6.30. The molecule has 1 N–H and O–H groups in total. The average Bonchev–Trinajstić information content (AvgIpc) is 3.26. The maximum Gasteiger partial charge on any atom is 0.231 e. The Morgan fingerprint density at radius 3 is 3.15 bits per heavy atom. The van der Waals surface area contributed by atoms with Gasteiger partial charge in [0.2, 0.25) is 5.91 Å². The Morgan fingerprint density at radius 1 is 1.35 bits per heavy atom. The van der Waals surface area contributed by atoms with Crippen molar-refractivity contribution < 1.29 is 9.18 Å². The molecule has 1 aliphatic rings. The summed E-state index contributed by atoms with van der Waals surface area (Å²) in [5.74, 6) is -0.137. The van der Waals surface area contributed by atoms with Crippen molar-refractivity contribution in [2.24, 2.45) is 0 Å². The van der Waals surface area contributed by atoms with E-state index in [4.69, 9.17) is 0 Å². The van der Waals surface area contributed by atoms with Crippen LogP contribution in [0.5, 0.6) is 0 Å². The Kier molecular flexibility index (Phi) is 4.42. The summed E-state index contributed by atoms with van der Waals surface area (Å²) >= 11 is 0. The van der Waals surface area contributed by atoms with Gasteiger partial charge in [-0.15, -0.1) is 5.10 Å². The van der Waals surface area contributed by atoms with Crippen molar-refractivity contribution in [1.82, 2.24) is 35.3 Å². The summed E-state index contributed by atoms with van der Waals surface area (Å²) in [6.45, 7) is 1.08. The SMILES string of the molecule is O=C(NCc1cnn(-c2cccc(F)c2)c1)[C@H]1CCCCn2nnnc21. The molecule has 0 unspecified atom stereocenters. The molecule has 0 saturated heterocycles. The van der Waals surface area contributed by atoms with Gasteiger partial charge in [-0.3, -0.25) is 4.79 Å². The first-order valence-electron chi connectivity index (χ1n) is 8.54. The van der Waals surface area contributed by atoms with E-state index >= 15 is 0 Å². The minimum absolute atomic E-state index is 0.0959. The third-order valence-electron chi connectivity index (χ3n) is 4.48. The lowest BCUT2D eigenvalue weighted by atomic mass is 10.0. The Balaban J connectivity index is 1.43. The number of halogens is 1. The van der Waals surface area contributed by atoms with Gasteiger partial charge in [-0.05, 0) is 41.5 Å². The number of aromatic nitrogens is 6. The van der Waals surface area contributed by atoms with E-state index in [0.29, 0.717) is 18.1 Å². The van der Waals surface area contributed by atoms with Crippen LogP contribution in [0, 0.1) is 5.82 Å². The van der Waals surface area contributed by atoms with Gasteiger partial charge in [0.05, 0.1) is 17.8 Å². The maximum absolute atomic E-state index is 13.3. The van der Waals surface area contributed by atoms with Crippen LogP contribution in [0.1, 0.15) is 36.6 Å². The first-order valence-corrected chi connectivity index (χ1v) is 8.54. The maximum atomic E-state index is 13.3. The van der Waals surface area contributed by atoms with Crippen LogP contribution >= 0.6 is 0 Å². The Morgan fingerprint density at radius 2 is 2.27 bits per heavy atom. The number of tetrazole rings is 1. The van der Waals surface area contributed by atoms with Crippen LogP contribution in [0.15, 0.2) is 36.7 Å². The first-order chi connectivity index (χ1) is 12.7. The Hall–Kier alpha value is -3.10. The van der Waals surface area contributed by atoms with Crippen LogP contribution in [0.4, 0.5) is 4.39 Å². The van der Waals surface area contributed by atoms with Crippen molar-refractivity contribution in [1.29, 1.82) is 0 Å². The lowest BCUT2D eigenvalue weighted by Gasteiger charge is -2.12. The van der Waals surface area contributed by atoms with Crippen LogP contribution in [0.25, 0.3) is 5.69 Å². The fourth-order valence-electron chi connectivity index (χ4n) is 3.13. The van der Waals surface area contributed by atoms with Gasteiger partial charge in [0, 0.05) is 24.8 Å². The summed E-state index contributed by atoms with van der Waals surface area (Å²) in [5, 5.41) is 18.8. The molecule has 3 heterocycles. The first kappa shape index (κ1) is 16.4. The lowest BCUT2D eigenvalue weighted by Crippen LogP contribution is -2.30. The number of amides is 1. The highest BCUT2D eigenvalue weighted by Gasteiger charge is 2.28. The van der Waals surface area contributed by atoms with Crippen molar-refractivity contribution in [3.05, 3.63) is 53.9 Å². The minimum atomic E-state index is -0.342. The van der Waals surface area contributed by atoms with E-state index in [2.05, 4.69) is 25.9 Å². The largest absolute Gasteiger partial charge is 0.351 e. The van der Waals surface area contributed by atoms with Crippen LogP contribution in [-0.4, -0.2) is 35.9 Å². The quantitative estimate of drug-likeness (QED) is 0.767. The number of hydrogen-bond acceptors (Lipinski definition) is 5. The molecule has 8 nitrogen and oxygen atoms in total. The third-order valence-corrected chi connectivity index (χ3v) is 4.48. The van der Waals surface area contributed by atoms with Gasteiger partial charge in [0.15, 0.2) is 5.82 Å². The molecule has 1 aromatic carbocycles. The molecular weight excluding hydrogens is 337 g/mol. The Bertz CT molecular complexity index is 919. The molecule has 3 aromatic rings. The second kappa shape index (κ2) is 7.03. The molecule has 0 bridgehead atoms. The summed E-state index contributed by atoms with van der Waals surface area (Å²) in [6.07, 6.45) is 6.06. The van der Waals surface area contributed by atoms with Gasteiger partial charge in [0.25, 0.3) is 0 Å². The molecule has 1 aliphatic heterocycles. The minimum Gasteiger partial charge on any atom is -0.351 e. The molecule has 0 aliphatic carbocycles. The van der Waals surface area contributed by atoms with Gasteiger partial charge in [-0.25, -0.2) is 13.8 Å². The molecule has 0 fully saturated rings. The number of nitrogens with zero attached hydrogens (tertiary/aromatic N) is 6. The van der Waals surface area contributed by atoms with Crippen LogP contribution in [-0.2, 0) is 17.9 Å². The third kappa shape index (κ3) is 3.32. The second-order valence-electron chi connectivity index (χ2n) is 6.30. The molecule has 26 heavy (non-hydrogen) atoms. The predicted molar refractivity (Wildman–Crippen MR) is 89.8 cm³/mol. The average molecular weight is 355 g/mol. The van der Waals surface area contributed by atoms with Gasteiger partial charge in [-0.2, -0.15) is 5.10 Å². The number of hydrogen-bond donors (Lipinski definition) is 1. The smallest absolute Gasteiger partial charge is 0.231 e. The zero-order valence-electron chi connectivity index (χ0n) is 14.0. The molecule has 1 atom stereocenters. The molecular formula is C17H18FN7O. The lowest BCUT2D eigenvalue weighted by molar-refractivity contribution is -0.123. The number of benzene rings is 1. The van der Waals surface area contributed by atoms with Crippen molar-refractivity contribution in [2.45, 2.75) is 38.3 Å². The number of fused-ring (bicyclic) bond motifs is 1. The fraction of sp³-hybridized carbons (Fsp3) is 0.353. The number of carbonyl (C=O) groups excluding carboxylic acids is 1. The molecule has 2 aromatic heterocycles. The van der Waals surface area contributed by atoms with Crippen molar-refractivity contribution >= 4 is 5.91 Å². The topological polar surface area (TPSA) is 90.5 Å². The van der Waals surface area contributed by atoms with Crippen molar-refractivity contribution in [3.63, 3.8) is 0 Å². The van der Waals surface area contributed by atoms with E-state index in [1.54, 1.807) is 33.9 Å².